The van der Waals surface area contributed by atoms with Gasteiger partial charge in [0.1, 0.15) is 11.4 Å². The number of nitrogens with zero attached hydrogens (tertiary/aromatic N) is 2. The summed E-state index contributed by atoms with van der Waals surface area (Å²) < 4.78 is 0. The second-order valence-electron chi connectivity index (χ2n) is 7.10. The molecule has 0 aromatic heterocycles. The van der Waals surface area contributed by atoms with Crippen molar-refractivity contribution in [3.05, 3.63) is 65.7 Å². The molecule has 2 aromatic rings. The van der Waals surface area contributed by atoms with Crippen molar-refractivity contribution in [2.45, 2.75) is 25.4 Å². The predicted octanol–water partition coefficient (Wildman–Crippen LogP) is 2.94. The van der Waals surface area contributed by atoms with E-state index >= 15 is 0 Å². The maximum atomic E-state index is 12.5. The van der Waals surface area contributed by atoms with Crippen LogP contribution in [0.3, 0.4) is 0 Å². The lowest BCUT2D eigenvalue weighted by molar-refractivity contribution is -0.115. The number of hydrogen-bond donors (Lipinski definition) is 2. The van der Waals surface area contributed by atoms with E-state index in [1.807, 2.05) is 61.5 Å². The summed E-state index contributed by atoms with van der Waals surface area (Å²) in [6.07, 6.45) is 1.21. The Morgan fingerprint density at radius 1 is 1.11 bits per heavy atom. The molecule has 0 unspecified atom stereocenters. The average molecular weight is 362 g/mol. The molecule has 0 radical (unpaired) electrons. The van der Waals surface area contributed by atoms with Crippen LogP contribution in [-0.2, 0) is 4.79 Å². The van der Waals surface area contributed by atoms with Gasteiger partial charge in [-0.1, -0.05) is 42.5 Å². The van der Waals surface area contributed by atoms with E-state index in [1.165, 1.54) is 0 Å². The van der Waals surface area contributed by atoms with Gasteiger partial charge < -0.3 is 15.5 Å². The predicted molar refractivity (Wildman–Crippen MR) is 105 cm³/mol. The van der Waals surface area contributed by atoms with Gasteiger partial charge in [-0.05, 0) is 24.6 Å². The fraction of sp³-hybridized carbons (Fsp3) is 0.286. The van der Waals surface area contributed by atoms with Crippen molar-refractivity contribution in [3.63, 3.8) is 0 Å². The number of aryl methyl sites for hydroxylation is 1. The zero-order chi connectivity index (χ0) is 18.9. The molecule has 1 spiro atoms. The number of carbonyl (C=O) groups excluding carboxylic acids is 2. The van der Waals surface area contributed by atoms with E-state index in [2.05, 4.69) is 10.6 Å². The van der Waals surface area contributed by atoms with Gasteiger partial charge in [0.2, 0.25) is 0 Å². The molecule has 2 heterocycles. The molecule has 2 aliphatic heterocycles. The van der Waals surface area contributed by atoms with Crippen LogP contribution in [0.2, 0.25) is 0 Å². The zero-order valence-electron chi connectivity index (χ0n) is 15.2. The standard InChI is InChI=1S/C21H22N4O2/c1-15-6-5-9-17(14-15)22-20(27)25-12-10-21(11-13-25)23-18(19(26)24-21)16-7-3-2-4-8-16/h2-9,14H,10-13H2,1H3,(H,22,27)(H,24,26). The average Bonchev–Trinajstić information content (AvgIpc) is 2.99. The molecule has 2 aromatic carbocycles. The van der Waals surface area contributed by atoms with E-state index in [0.29, 0.717) is 31.6 Å². The van der Waals surface area contributed by atoms with Crippen molar-refractivity contribution in [2.75, 3.05) is 18.4 Å². The number of nitrogens with one attached hydrogen (secondary N) is 2. The van der Waals surface area contributed by atoms with E-state index in [0.717, 1.165) is 16.8 Å². The number of benzene rings is 2. The number of urea groups is 1. The monoisotopic (exact) mass is 362 g/mol. The molecule has 3 amide bonds. The van der Waals surface area contributed by atoms with Gasteiger partial charge in [-0.25, -0.2) is 4.79 Å². The van der Waals surface area contributed by atoms with Crippen LogP contribution in [-0.4, -0.2) is 41.3 Å². The van der Waals surface area contributed by atoms with E-state index < -0.39 is 5.66 Å². The molecule has 138 valence electrons. The lowest BCUT2D eigenvalue weighted by Gasteiger charge is -2.37. The molecular formula is C21H22N4O2. The number of rotatable bonds is 2. The fourth-order valence-electron chi connectivity index (χ4n) is 3.60. The minimum Gasteiger partial charge on any atom is -0.326 e. The van der Waals surface area contributed by atoms with Gasteiger partial charge in [0.25, 0.3) is 5.91 Å². The van der Waals surface area contributed by atoms with Crippen molar-refractivity contribution >= 4 is 23.3 Å². The molecule has 27 heavy (non-hydrogen) atoms. The van der Waals surface area contributed by atoms with Crippen molar-refractivity contribution in [2.24, 2.45) is 4.99 Å². The molecular weight excluding hydrogens is 340 g/mol. The number of carbonyl (C=O) groups is 2. The summed E-state index contributed by atoms with van der Waals surface area (Å²) in [6, 6.07) is 17.1. The highest BCUT2D eigenvalue weighted by molar-refractivity contribution is 6.46. The minimum absolute atomic E-state index is 0.118. The van der Waals surface area contributed by atoms with Crippen molar-refractivity contribution in [1.29, 1.82) is 0 Å². The van der Waals surface area contributed by atoms with E-state index in [4.69, 9.17) is 4.99 Å². The molecule has 6 heteroatoms. The molecule has 0 bridgehead atoms. The summed E-state index contributed by atoms with van der Waals surface area (Å²) >= 11 is 0. The Morgan fingerprint density at radius 3 is 2.56 bits per heavy atom. The lowest BCUT2D eigenvalue weighted by atomic mass is 9.98. The lowest BCUT2D eigenvalue weighted by Crippen LogP contribution is -2.53. The quantitative estimate of drug-likeness (QED) is 0.862. The minimum atomic E-state index is -0.595. The summed E-state index contributed by atoms with van der Waals surface area (Å²) in [5.74, 6) is -0.140. The molecule has 2 aliphatic rings. The van der Waals surface area contributed by atoms with Crippen LogP contribution < -0.4 is 10.6 Å². The topological polar surface area (TPSA) is 73.8 Å². The van der Waals surface area contributed by atoms with Gasteiger partial charge in [0.15, 0.2) is 0 Å². The van der Waals surface area contributed by atoms with Gasteiger partial charge >= 0.3 is 6.03 Å². The number of aliphatic imine (C=N–C) groups is 1. The second kappa shape index (κ2) is 6.87. The Labute approximate surface area is 158 Å². The normalized spacial score (nSPS) is 18.2. The number of amides is 3. The highest BCUT2D eigenvalue weighted by Gasteiger charge is 2.42. The van der Waals surface area contributed by atoms with Crippen LogP contribution in [0.5, 0.6) is 0 Å². The van der Waals surface area contributed by atoms with Crippen molar-refractivity contribution < 1.29 is 9.59 Å². The maximum absolute atomic E-state index is 12.5. The van der Waals surface area contributed by atoms with Crippen LogP contribution in [0.4, 0.5) is 10.5 Å². The number of anilines is 1. The Balaban J connectivity index is 1.42. The Bertz CT molecular complexity index is 899. The zero-order valence-corrected chi connectivity index (χ0v) is 15.2. The summed E-state index contributed by atoms with van der Waals surface area (Å²) in [4.78, 5) is 31.4. The first kappa shape index (κ1) is 17.3. The third-order valence-corrected chi connectivity index (χ3v) is 5.08. The molecule has 1 fully saturated rings. The van der Waals surface area contributed by atoms with Gasteiger partial charge in [-0.2, -0.15) is 0 Å². The maximum Gasteiger partial charge on any atom is 0.321 e. The molecule has 1 saturated heterocycles. The molecule has 0 atom stereocenters. The molecule has 2 N–H and O–H groups in total. The van der Waals surface area contributed by atoms with Gasteiger partial charge in [0.05, 0.1) is 0 Å². The van der Waals surface area contributed by atoms with E-state index in [1.54, 1.807) is 4.90 Å². The summed E-state index contributed by atoms with van der Waals surface area (Å²) in [6.45, 7) is 3.08. The highest BCUT2D eigenvalue weighted by atomic mass is 16.2. The fourth-order valence-corrected chi connectivity index (χ4v) is 3.60. The first-order valence-corrected chi connectivity index (χ1v) is 9.15. The van der Waals surface area contributed by atoms with E-state index in [9.17, 15) is 9.59 Å². The number of likely N-dealkylation sites (tertiary alicyclic amines) is 1. The Morgan fingerprint density at radius 2 is 1.85 bits per heavy atom. The Kier molecular flexibility index (Phi) is 4.39. The summed E-state index contributed by atoms with van der Waals surface area (Å²) in [7, 11) is 0. The first-order chi connectivity index (χ1) is 13.0. The van der Waals surface area contributed by atoms with Crippen molar-refractivity contribution in [1.82, 2.24) is 10.2 Å². The number of piperidine rings is 1. The SMILES string of the molecule is Cc1cccc(NC(=O)N2CCC3(CC2)N=C(c2ccccc2)C(=O)N3)c1. The smallest absolute Gasteiger partial charge is 0.321 e. The highest BCUT2D eigenvalue weighted by Crippen LogP contribution is 2.29. The molecule has 0 saturated carbocycles. The van der Waals surface area contributed by atoms with Gasteiger partial charge in [-0.15, -0.1) is 0 Å². The summed E-state index contributed by atoms with van der Waals surface area (Å²) in [5, 5.41) is 5.97. The van der Waals surface area contributed by atoms with Crippen LogP contribution in [0.15, 0.2) is 59.6 Å². The van der Waals surface area contributed by atoms with Crippen molar-refractivity contribution in [3.8, 4) is 0 Å². The van der Waals surface area contributed by atoms with Gasteiger partial charge in [0, 0.05) is 37.2 Å². The third kappa shape index (κ3) is 3.56. The first-order valence-electron chi connectivity index (χ1n) is 9.15. The Hall–Kier alpha value is -3.15. The van der Waals surface area contributed by atoms with Crippen LogP contribution >= 0.6 is 0 Å². The molecule has 4 rings (SSSR count). The van der Waals surface area contributed by atoms with Crippen LogP contribution in [0.1, 0.15) is 24.0 Å². The van der Waals surface area contributed by atoms with E-state index in [-0.39, 0.29) is 11.9 Å². The van der Waals surface area contributed by atoms with Crippen LogP contribution in [0.25, 0.3) is 0 Å². The van der Waals surface area contributed by atoms with Gasteiger partial charge in [-0.3, -0.25) is 9.79 Å². The summed E-state index contributed by atoms with van der Waals surface area (Å²) in [5.41, 5.74) is 2.60. The largest absolute Gasteiger partial charge is 0.326 e. The second-order valence-corrected chi connectivity index (χ2v) is 7.10. The molecule has 0 aliphatic carbocycles. The van der Waals surface area contributed by atoms with Crippen LogP contribution in [0, 0.1) is 6.92 Å². The number of hydrogen-bond acceptors (Lipinski definition) is 3. The molecule has 6 nitrogen and oxygen atoms in total. The third-order valence-electron chi connectivity index (χ3n) is 5.08.